The third-order valence-electron chi connectivity index (χ3n) is 2.57. The zero-order chi connectivity index (χ0) is 12.1. The molecule has 0 saturated carbocycles. The summed E-state index contributed by atoms with van der Waals surface area (Å²) in [5.41, 5.74) is 0.995. The van der Waals surface area contributed by atoms with E-state index < -0.39 is 0 Å². The summed E-state index contributed by atoms with van der Waals surface area (Å²) in [4.78, 5) is 11.5. The number of hydrogen-bond acceptors (Lipinski definition) is 3. The van der Waals surface area contributed by atoms with Crippen molar-refractivity contribution in [2.45, 2.75) is 13.0 Å². The number of aromatic nitrogens is 2. The van der Waals surface area contributed by atoms with Crippen LogP contribution in [0.1, 0.15) is 5.56 Å². The Kier molecular flexibility index (Phi) is 3.55. The maximum absolute atomic E-state index is 11.5. The van der Waals surface area contributed by atoms with Crippen molar-refractivity contribution in [2.75, 3.05) is 7.11 Å². The molecule has 0 saturated heterocycles. The molecule has 0 bridgehead atoms. The molecule has 0 amide bonds. The summed E-state index contributed by atoms with van der Waals surface area (Å²) in [7, 11) is 1.64. The van der Waals surface area contributed by atoms with Gasteiger partial charge in [0.2, 0.25) is 0 Å². The predicted molar refractivity (Wildman–Crippen MR) is 65.2 cm³/mol. The highest BCUT2D eigenvalue weighted by molar-refractivity contribution is 5.33. The normalized spacial score (nSPS) is 10.2. The van der Waals surface area contributed by atoms with E-state index in [0.717, 1.165) is 17.7 Å². The van der Waals surface area contributed by atoms with Gasteiger partial charge in [-0.2, -0.15) is 5.10 Å². The monoisotopic (exact) mass is 230 g/mol. The summed E-state index contributed by atoms with van der Waals surface area (Å²) in [5.74, 6) is 0.844. The van der Waals surface area contributed by atoms with E-state index >= 15 is 0 Å². The van der Waals surface area contributed by atoms with Gasteiger partial charge in [0.05, 0.1) is 7.11 Å². The summed E-state index contributed by atoms with van der Waals surface area (Å²) in [6, 6.07) is 10.9. The lowest BCUT2D eigenvalue weighted by atomic mass is 10.1. The lowest BCUT2D eigenvalue weighted by Gasteiger charge is -2.08. The van der Waals surface area contributed by atoms with Crippen molar-refractivity contribution in [3.05, 3.63) is 58.5 Å². The number of ether oxygens (including phenoxy) is 1. The van der Waals surface area contributed by atoms with Crippen molar-refractivity contribution in [1.29, 1.82) is 0 Å². The summed E-state index contributed by atoms with van der Waals surface area (Å²) < 4.78 is 6.71. The fourth-order valence-electron chi connectivity index (χ4n) is 1.69. The highest BCUT2D eigenvalue weighted by atomic mass is 16.5. The van der Waals surface area contributed by atoms with Gasteiger partial charge in [0.1, 0.15) is 5.75 Å². The van der Waals surface area contributed by atoms with Gasteiger partial charge in [0, 0.05) is 18.8 Å². The summed E-state index contributed by atoms with van der Waals surface area (Å²) in [6.07, 6.45) is 2.34. The molecule has 1 aromatic heterocycles. The summed E-state index contributed by atoms with van der Waals surface area (Å²) >= 11 is 0. The molecular formula is C13H14N2O2. The molecule has 4 nitrogen and oxygen atoms in total. The van der Waals surface area contributed by atoms with Gasteiger partial charge < -0.3 is 4.74 Å². The zero-order valence-corrected chi connectivity index (χ0v) is 9.67. The van der Waals surface area contributed by atoms with E-state index in [1.54, 1.807) is 19.4 Å². The Morgan fingerprint density at radius 1 is 1.24 bits per heavy atom. The maximum atomic E-state index is 11.5. The van der Waals surface area contributed by atoms with Crippen LogP contribution in [-0.2, 0) is 13.0 Å². The Hall–Kier alpha value is -2.10. The molecule has 88 valence electrons. The number of benzene rings is 1. The minimum absolute atomic E-state index is 0.0811. The Labute approximate surface area is 99.5 Å². The van der Waals surface area contributed by atoms with Crippen molar-refractivity contribution >= 4 is 0 Å². The van der Waals surface area contributed by atoms with Gasteiger partial charge in [0.25, 0.3) is 5.56 Å². The van der Waals surface area contributed by atoms with Gasteiger partial charge in [-0.05, 0) is 24.1 Å². The fraction of sp³-hybridized carbons (Fsp3) is 0.231. The largest absolute Gasteiger partial charge is 0.496 e. The topological polar surface area (TPSA) is 44.1 Å². The first-order valence-electron chi connectivity index (χ1n) is 5.45. The van der Waals surface area contributed by atoms with Crippen molar-refractivity contribution < 1.29 is 4.74 Å². The van der Waals surface area contributed by atoms with E-state index in [4.69, 9.17) is 4.74 Å². The molecule has 0 aliphatic heterocycles. The molecule has 0 N–H and O–H groups in total. The Bertz CT molecular complexity index is 549. The average molecular weight is 230 g/mol. The first kappa shape index (κ1) is 11.4. The van der Waals surface area contributed by atoms with Crippen LogP contribution in [0.3, 0.4) is 0 Å². The number of methoxy groups -OCH3 is 1. The second-order valence-corrected chi connectivity index (χ2v) is 3.65. The predicted octanol–water partition coefficient (Wildman–Crippen LogP) is 1.49. The second kappa shape index (κ2) is 5.30. The third kappa shape index (κ3) is 2.72. The van der Waals surface area contributed by atoms with Crippen LogP contribution < -0.4 is 10.3 Å². The molecule has 2 rings (SSSR count). The lowest BCUT2D eigenvalue weighted by Crippen LogP contribution is -2.22. The van der Waals surface area contributed by atoms with Gasteiger partial charge in [-0.25, -0.2) is 4.68 Å². The number of nitrogens with zero attached hydrogens (tertiary/aromatic N) is 2. The van der Waals surface area contributed by atoms with Crippen LogP contribution in [0.2, 0.25) is 0 Å². The lowest BCUT2D eigenvalue weighted by molar-refractivity contribution is 0.407. The molecule has 1 aromatic carbocycles. The van der Waals surface area contributed by atoms with Crippen LogP contribution >= 0.6 is 0 Å². The minimum atomic E-state index is -0.0811. The molecular weight excluding hydrogens is 216 g/mol. The van der Waals surface area contributed by atoms with E-state index in [2.05, 4.69) is 5.10 Å². The van der Waals surface area contributed by atoms with Crippen molar-refractivity contribution in [3.8, 4) is 5.75 Å². The molecule has 0 fully saturated rings. The van der Waals surface area contributed by atoms with Gasteiger partial charge in [-0.3, -0.25) is 4.79 Å². The molecule has 0 spiro atoms. The Morgan fingerprint density at radius 2 is 2.06 bits per heavy atom. The van der Waals surface area contributed by atoms with E-state index in [0.29, 0.717) is 6.54 Å². The Morgan fingerprint density at radius 3 is 2.82 bits per heavy atom. The number of para-hydroxylation sites is 1. The van der Waals surface area contributed by atoms with Crippen LogP contribution in [0.4, 0.5) is 0 Å². The second-order valence-electron chi connectivity index (χ2n) is 3.65. The number of hydrogen-bond donors (Lipinski definition) is 0. The smallest absolute Gasteiger partial charge is 0.266 e. The molecule has 17 heavy (non-hydrogen) atoms. The van der Waals surface area contributed by atoms with Gasteiger partial charge >= 0.3 is 0 Å². The van der Waals surface area contributed by atoms with E-state index in [1.165, 1.54) is 10.7 Å². The van der Waals surface area contributed by atoms with E-state index in [1.807, 2.05) is 24.3 Å². The molecule has 0 aliphatic carbocycles. The van der Waals surface area contributed by atoms with Crippen LogP contribution in [-0.4, -0.2) is 16.9 Å². The fourth-order valence-corrected chi connectivity index (χ4v) is 1.69. The van der Waals surface area contributed by atoms with Crippen LogP contribution in [0, 0.1) is 0 Å². The van der Waals surface area contributed by atoms with E-state index in [-0.39, 0.29) is 5.56 Å². The minimum Gasteiger partial charge on any atom is -0.496 e. The van der Waals surface area contributed by atoms with Crippen LogP contribution in [0.15, 0.2) is 47.4 Å². The number of rotatable bonds is 4. The maximum Gasteiger partial charge on any atom is 0.266 e. The molecule has 0 unspecified atom stereocenters. The van der Waals surface area contributed by atoms with Crippen molar-refractivity contribution in [2.24, 2.45) is 0 Å². The van der Waals surface area contributed by atoms with Crippen LogP contribution in [0.5, 0.6) is 5.75 Å². The average Bonchev–Trinajstić information content (AvgIpc) is 2.38. The standard InChI is InChI=1S/C13H14N2O2/c1-17-12-6-3-2-5-11(12)8-10-15-13(16)7-4-9-14-15/h2-7,9H,8,10H2,1H3. The van der Waals surface area contributed by atoms with Crippen LogP contribution in [0.25, 0.3) is 0 Å². The summed E-state index contributed by atoms with van der Waals surface area (Å²) in [6.45, 7) is 0.556. The number of aryl methyl sites for hydroxylation is 2. The van der Waals surface area contributed by atoms with Crippen molar-refractivity contribution in [1.82, 2.24) is 9.78 Å². The summed E-state index contributed by atoms with van der Waals surface area (Å²) in [5, 5.41) is 4.01. The molecule has 0 atom stereocenters. The van der Waals surface area contributed by atoms with Gasteiger partial charge in [0.15, 0.2) is 0 Å². The Balaban J connectivity index is 2.13. The van der Waals surface area contributed by atoms with Gasteiger partial charge in [-0.15, -0.1) is 0 Å². The van der Waals surface area contributed by atoms with E-state index in [9.17, 15) is 4.79 Å². The highest BCUT2D eigenvalue weighted by Gasteiger charge is 2.02. The first-order chi connectivity index (χ1) is 8.31. The highest BCUT2D eigenvalue weighted by Crippen LogP contribution is 2.17. The third-order valence-corrected chi connectivity index (χ3v) is 2.57. The van der Waals surface area contributed by atoms with Crippen molar-refractivity contribution in [3.63, 3.8) is 0 Å². The molecule has 2 aromatic rings. The molecule has 0 aliphatic rings. The zero-order valence-electron chi connectivity index (χ0n) is 9.67. The molecule has 4 heteroatoms. The molecule has 0 radical (unpaired) electrons. The quantitative estimate of drug-likeness (QED) is 0.799. The first-order valence-corrected chi connectivity index (χ1v) is 5.45. The molecule has 1 heterocycles. The van der Waals surface area contributed by atoms with Gasteiger partial charge in [-0.1, -0.05) is 18.2 Å². The SMILES string of the molecule is COc1ccccc1CCn1ncccc1=O.